The van der Waals surface area contributed by atoms with Gasteiger partial charge in [-0.05, 0) is 12.1 Å². The Morgan fingerprint density at radius 2 is 2.07 bits per heavy atom. The summed E-state index contributed by atoms with van der Waals surface area (Å²) in [6.07, 6.45) is 4.53. The van der Waals surface area contributed by atoms with Gasteiger partial charge in [0.1, 0.15) is 22.1 Å². The second kappa shape index (κ2) is 7.55. The van der Waals surface area contributed by atoms with E-state index in [0.717, 1.165) is 22.3 Å². The molecule has 0 aromatic carbocycles. The molecule has 3 heterocycles. The second-order valence-corrected chi connectivity index (χ2v) is 8.42. The summed E-state index contributed by atoms with van der Waals surface area (Å²) >= 11 is 1.13. The molecule has 0 spiro atoms. The normalized spacial score (nSPS) is 11.6. The molecule has 0 fully saturated rings. The number of ether oxygens (including phenoxy) is 2. The van der Waals surface area contributed by atoms with E-state index in [-0.39, 0.29) is 29.9 Å². The molecule has 0 aliphatic carbocycles. The Hall–Kier alpha value is -2.63. The zero-order valence-corrected chi connectivity index (χ0v) is 16.2. The molecule has 0 aliphatic rings. The van der Waals surface area contributed by atoms with Crippen molar-refractivity contribution in [2.75, 3.05) is 20.2 Å². The van der Waals surface area contributed by atoms with E-state index in [0.29, 0.717) is 10.6 Å². The number of hydrogen-bond donors (Lipinski definition) is 0. The van der Waals surface area contributed by atoms with Crippen molar-refractivity contribution in [1.82, 2.24) is 14.3 Å². The number of methoxy groups -OCH3 is 1. The van der Waals surface area contributed by atoms with Crippen LogP contribution in [0.2, 0.25) is 0 Å². The summed E-state index contributed by atoms with van der Waals surface area (Å²) in [7, 11) is -2.03. The summed E-state index contributed by atoms with van der Waals surface area (Å²) < 4.78 is 42.2. The number of sulfone groups is 1. The first-order chi connectivity index (χ1) is 12.8. The van der Waals surface area contributed by atoms with Gasteiger partial charge in [-0.1, -0.05) is 6.58 Å². The number of thiophene rings is 1. The SMILES string of the molecule is C=C(Cn1nc(-c2scc(S(C)(=O)=O)c2-n2cccc2)oc1=O)OCOC. The molecule has 3 aromatic rings. The smallest absolute Gasteiger partial charge is 0.437 e. The molecule has 3 rings (SSSR count). The molecule has 3 aromatic heterocycles. The molecule has 0 bridgehead atoms. The van der Waals surface area contributed by atoms with E-state index in [4.69, 9.17) is 13.9 Å². The molecule has 0 radical (unpaired) electrons. The van der Waals surface area contributed by atoms with Crippen LogP contribution in [0.3, 0.4) is 0 Å². The fraction of sp³-hybridized carbons (Fsp3) is 0.250. The monoisotopic (exact) mass is 411 g/mol. The number of aromatic nitrogens is 3. The van der Waals surface area contributed by atoms with Crippen molar-refractivity contribution in [3.63, 3.8) is 0 Å². The summed E-state index contributed by atoms with van der Waals surface area (Å²) in [5.74, 6) is -0.421. The molecule has 0 saturated carbocycles. The van der Waals surface area contributed by atoms with E-state index in [1.807, 2.05) is 0 Å². The van der Waals surface area contributed by atoms with Gasteiger partial charge in [0.15, 0.2) is 16.6 Å². The first-order valence-electron chi connectivity index (χ1n) is 7.64. The average molecular weight is 411 g/mol. The van der Waals surface area contributed by atoms with E-state index in [1.165, 1.54) is 12.5 Å². The van der Waals surface area contributed by atoms with Gasteiger partial charge in [-0.15, -0.1) is 16.4 Å². The highest BCUT2D eigenvalue weighted by atomic mass is 32.2. The maximum Gasteiger partial charge on any atom is 0.437 e. The summed E-state index contributed by atoms with van der Waals surface area (Å²) in [5, 5.41) is 5.65. The van der Waals surface area contributed by atoms with E-state index < -0.39 is 15.6 Å². The molecule has 27 heavy (non-hydrogen) atoms. The van der Waals surface area contributed by atoms with Crippen LogP contribution in [0.5, 0.6) is 0 Å². The Balaban J connectivity index is 2.03. The summed E-state index contributed by atoms with van der Waals surface area (Å²) in [5.41, 5.74) is 0.385. The van der Waals surface area contributed by atoms with Crippen LogP contribution < -0.4 is 5.76 Å². The summed E-state index contributed by atoms with van der Waals surface area (Å²) in [6.45, 7) is 3.66. The first kappa shape index (κ1) is 19.1. The third-order valence-electron chi connectivity index (χ3n) is 3.50. The first-order valence-corrected chi connectivity index (χ1v) is 10.4. The van der Waals surface area contributed by atoms with Gasteiger partial charge in [0.25, 0.3) is 5.89 Å². The largest absolute Gasteiger partial charge is 0.471 e. The van der Waals surface area contributed by atoms with Gasteiger partial charge < -0.3 is 18.5 Å². The van der Waals surface area contributed by atoms with Crippen molar-refractivity contribution in [2.24, 2.45) is 0 Å². The molecule has 9 nitrogen and oxygen atoms in total. The maximum absolute atomic E-state index is 12.1. The fourth-order valence-corrected chi connectivity index (χ4v) is 4.65. The minimum absolute atomic E-state index is 0.00128. The minimum atomic E-state index is -3.49. The average Bonchev–Trinajstić information content (AvgIpc) is 3.31. The fourth-order valence-electron chi connectivity index (χ4n) is 2.33. The number of nitrogens with zero attached hydrogens (tertiary/aromatic N) is 3. The number of rotatable bonds is 8. The van der Waals surface area contributed by atoms with Gasteiger partial charge in [-0.3, -0.25) is 0 Å². The van der Waals surface area contributed by atoms with Crippen molar-refractivity contribution in [3.05, 3.63) is 52.8 Å². The van der Waals surface area contributed by atoms with Crippen molar-refractivity contribution in [3.8, 4) is 16.5 Å². The molecular formula is C16H17N3O6S2. The molecule has 0 amide bonds. The molecular weight excluding hydrogens is 394 g/mol. The molecule has 0 unspecified atom stereocenters. The van der Waals surface area contributed by atoms with E-state index in [2.05, 4.69) is 11.7 Å². The Kier molecular flexibility index (Phi) is 5.35. The zero-order valence-electron chi connectivity index (χ0n) is 14.6. The standard InChI is InChI=1S/C16H17N3O6S2/c1-11(24-10-23-2)8-19-16(20)25-15(17-19)14-13(18-6-4-5-7-18)12(9-26-14)27(3,21)22/h4-7,9H,1,8,10H2,2-3H3. The number of allylic oxidation sites excluding steroid dienone is 1. The lowest BCUT2D eigenvalue weighted by Crippen LogP contribution is -2.18. The Bertz CT molecular complexity index is 1110. The van der Waals surface area contributed by atoms with Crippen LogP contribution in [0.25, 0.3) is 16.5 Å². The topological polar surface area (TPSA) is 106 Å². The van der Waals surface area contributed by atoms with Gasteiger partial charge in [-0.25, -0.2) is 13.2 Å². The quantitative estimate of drug-likeness (QED) is 0.412. The van der Waals surface area contributed by atoms with Crippen LogP contribution in [0, 0.1) is 0 Å². The minimum Gasteiger partial charge on any atom is -0.471 e. The van der Waals surface area contributed by atoms with Crippen LogP contribution in [0.15, 0.2) is 56.4 Å². The molecule has 0 atom stereocenters. The summed E-state index contributed by atoms with van der Waals surface area (Å²) in [4.78, 5) is 12.7. The third kappa shape index (κ3) is 4.04. The zero-order chi connectivity index (χ0) is 19.6. The second-order valence-electron chi connectivity index (χ2n) is 5.56. The third-order valence-corrected chi connectivity index (χ3v) is 5.72. The van der Waals surface area contributed by atoms with Crippen molar-refractivity contribution in [2.45, 2.75) is 11.4 Å². The molecule has 0 N–H and O–H groups in total. The van der Waals surface area contributed by atoms with E-state index in [1.54, 1.807) is 29.1 Å². The van der Waals surface area contributed by atoms with Crippen LogP contribution in [-0.2, 0) is 25.9 Å². The van der Waals surface area contributed by atoms with Crippen molar-refractivity contribution >= 4 is 21.2 Å². The molecule has 0 saturated heterocycles. The predicted octanol–water partition coefficient (Wildman–Crippen LogP) is 1.89. The summed E-state index contributed by atoms with van der Waals surface area (Å²) in [6, 6.07) is 3.53. The van der Waals surface area contributed by atoms with Gasteiger partial charge in [0.2, 0.25) is 0 Å². The lowest BCUT2D eigenvalue weighted by atomic mass is 10.4. The predicted molar refractivity (Wildman–Crippen MR) is 98.6 cm³/mol. The van der Waals surface area contributed by atoms with Crippen LogP contribution >= 0.6 is 11.3 Å². The Morgan fingerprint density at radius 3 is 2.70 bits per heavy atom. The highest BCUT2D eigenvalue weighted by Gasteiger charge is 2.25. The van der Waals surface area contributed by atoms with E-state index in [9.17, 15) is 13.2 Å². The van der Waals surface area contributed by atoms with Crippen LogP contribution in [0.4, 0.5) is 0 Å². The van der Waals surface area contributed by atoms with Crippen LogP contribution in [0.1, 0.15) is 0 Å². The van der Waals surface area contributed by atoms with Crippen molar-refractivity contribution in [1.29, 1.82) is 0 Å². The molecule has 0 aliphatic heterocycles. The van der Waals surface area contributed by atoms with Crippen LogP contribution in [-0.4, -0.2) is 42.9 Å². The lowest BCUT2D eigenvalue weighted by molar-refractivity contribution is 0.00117. The van der Waals surface area contributed by atoms with Gasteiger partial charge >= 0.3 is 5.76 Å². The lowest BCUT2D eigenvalue weighted by Gasteiger charge is -2.06. The Labute approximate surface area is 159 Å². The Morgan fingerprint density at radius 1 is 1.37 bits per heavy atom. The highest BCUT2D eigenvalue weighted by Crippen LogP contribution is 2.37. The van der Waals surface area contributed by atoms with E-state index >= 15 is 0 Å². The highest BCUT2D eigenvalue weighted by molar-refractivity contribution is 7.91. The molecule has 11 heteroatoms. The molecule has 144 valence electrons. The number of hydrogen-bond acceptors (Lipinski definition) is 8. The van der Waals surface area contributed by atoms with Gasteiger partial charge in [0, 0.05) is 31.1 Å². The van der Waals surface area contributed by atoms with Crippen molar-refractivity contribution < 1.29 is 22.3 Å². The maximum atomic E-state index is 12.1. The van der Waals surface area contributed by atoms with Gasteiger partial charge in [0.05, 0.1) is 5.69 Å². The van der Waals surface area contributed by atoms with Gasteiger partial charge in [-0.2, -0.15) is 4.68 Å².